The van der Waals surface area contributed by atoms with Gasteiger partial charge in [0.15, 0.2) is 17.2 Å². The van der Waals surface area contributed by atoms with Crippen LogP contribution >= 0.6 is 55.1 Å². The minimum Gasteiger partial charge on any atom is -0.504 e. The number of aromatic amines is 2. The number of hydrogen-bond acceptors (Lipinski definition) is 5. The predicted molar refractivity (Wildman–Crippen MR) is 130 cm³/mol. The molecular formula is C21H12Br2Cl2N4O3. The highest BCUT2D eigenvalue weighted by Crippen LogP contribution is 2.45. The molecule has 1 aromatic carbocycles. The van der Waals surface area contributed by atoms with Crippen LogP contribution in [0.25, 0.3) is 21.8 Å². The van der Waals surface area contributed by atoms with Crippen molar-refractivity contribution < 1.29 is 15.3 Å². The van der Waals surface area contributed by atoms with Crippen LogP contribution in [0.1, 0.15) is 22.6 Å². The number of nitrogens with zero attached hydrogens (tertiary/aromatic N) is 2. The quantitative estimate of drug-likeness (QED) is 0.119. The number of benzene rings is 1. The number of aromatic nitrogens is 4. The Morgan fingerprint density at radius 2 is 1.19 bits per heavy atom. The van der Waals surface area contributed by atoms with Gasteiger partial charge in [-0.25, -0.2) is 9.97 Å². The van der Waals surface area contributed by atoms with Crippen LogP contribution < -0.4 is 0 Å². The maximum atomic E-state index is 10.2. The molecule has 5 rings (SSSR count). The molecule has 7 nitrogen and oxygen atoms in total. The molecule has 0 atom stereocenters. The van der Waals surface area contributed by atoms with E-state index in [4.69, 9.17) is 23.2 Å². The second-order valence-electron chi connectivity index (χ2n) is 7.15. The summed E-state index contributed by atoms with van der Waals surface area (Å²) in [6, 6.07) is 6.29. The van der Waals surface area contributed by atoms with Gasteiger partial charge in [-0.1, -0.05) is 23.2 Å². The summed E-state index contributed by atoms with van der Waals surface area (Å²) in [6.07, 6.45) is 3.63. The highest BCUT2D eigenvalue weighted by atomic mass is 79.9. The van der Waals surface area contributed by atoms with Crippen molar-refractivity contribution >= 4 is 76.9 Å². The van der Waals surface area contributed by atoms with Crippen molar-refractivity contribution in [3.8, 4) is 17.2 Å². The molecule has 32 heavy (non-hydrogen) atoms. The summed E-state index contributed by atoms with van der Waals surface area (Å²) >= 11 is 19.3. The third-order valence-corrected chi connectivity index (χ3v) is 6.84. The molecule has 0 saturated heterocycles. The number of pyridine rings is 2. The summed E-state index contributed by atoms with van der Waals surface area (Å²) in [6.45, 7) is 0. The third-order valence-electron chi connectivity index (χ3n) is 5.30. The monoisotopic (exact) mass is 596 g/mol. The molecule has 162 valence electrons. The first kappa shape index (κ1) is 21.4. The van der Waals surface area contributed by atoms with Crippen LogP contribution in [0.5, 0.6) is 17.2 Å². The second-order valence-corrected chi connectivity index (χ2v) is 9.42. The van der Waals surface area contributed by atoms with Gasteiger partial charge in [0.05, 0.1) is 11.0 Å². The van der Waals surface area contributed by atoms with E-state index in [1.165, 1.54) is 12.1 Å². The predicted octanol–water partition coefficient (Wildman–Crippen LogP) is 6.57. The normalized spacial score (nSPS) is 11.8. The van der Waals surface area contributed by atoms with E-state index in [0.717, 1.165) is 32.9 Å². The van der Waals surface area contributed by atoms with Crippen molar-refractivity contribution in [2.45, 2.75) is 5.92 Å². The van der Waals surface area contributed by atoms with E-state index in [1.807, 2.05) is 12.4 Å². The van der Waals surface area contributed by atoms with Crippen molar-refractivity contribution in [3.05, 3.63) is 72.9 Å². The van der Waals surface area contributed by atoms with E-state index in [9.17, 15) is 15.3 Å². The second kappa shape index (κ2) is 7.84. The number of rotatable bonds is 3. The first-order valence-corrected chi connectivity index (χ1v) is 11.5. The number of hydrogen-bond donors (Lipinski definition) is 5. The Morgan fingerprint density at radius 1 is 0.750 bits per heavy atom. The van der Waals surface area contributed by atoms with E-state index < -0.39 is 23.2 Å². The van der Waals surface area contributed by atoms with Crippen LogP contribution in [0.3, 0.4) is 0 Å². The first-order valence-electron chi connectivity index (χ1n) is 9.15. The highest BCUT2D eigenvalue weighted by molar-refractivity contribution is 9.10. The lowest BCUT2D eigenvalue weighted by Gasteiger charge is -2.19. The van der Waals surface area contributed by atoms with Crippen LogP contribution in [0.4, 0.5) is 0 Å². The summed E-state index contributed by atoms with van der Waals surface area (Å²) in [5.41, 5.74) is 3.62. The Hall–Kier alpha value is -2.46. The fourth-order valence-electron chi connectivity index (χ4n) is 3.95. The molecule has 11 heteroatoms. The van der Waals surface area contributed by atoms with E-state index >= 15 is 0 Å². The molecule has 0 amide bonds. The van der Waals surface area contributed by atoms with Gasteiger partial charge in [0.25, 0.3) is 0 Å². The lowest BCUT2D eigenvalue weighted by Crippen LogP contribution is -2.03. The minimum atomic E-state index is -0.588. The highest BCUT2D eigenvalue weighted by Gasteiger charge is 2.27. The SMILES string of the molecule is Oc1cc(C(c2c[nH]c3c(Br)nc(Cl)cc23)c2c[nH]c3c(Br)nc(Cl)cc23)cc(O)c1O. The molecular weight excluding hydrogens is 587 g/mol. The molecule has 0 radical (unpaired) electrons. The number of phenolic OH excluding ortho intramolecular Hbond substituents is 3. The average molecular weight is 599 g/mol. The molecule has 0 saturated carbocycles. The molecule has 0 aliphatic heterocycles. The van der Waals surface area contributed by atoms with Crippen LogP contribution in [0.15, 0.2) is 45.9 Å². The fourth-order valence-corrected chi connectivity index (χ4v) is 5.58. The summed E-state index contributed by atoms with van der Waals surface area (Å²) in [7, 11) is 0. The number of H-pyrrole nitrogens is 2. The topological polar surface area (TPSA) is 118 Å². The van der Waals surface area contributed by atoms with Gasteiger partial charge in [0.1, 0.15) is 19.5 Å². The lowest BCUT2D eigenvalue weighted by molar-refractivity contribution is 0.367. The zero-order valence-electron chi connectivity index (χ0n) is 15.8. The summed E-state index contributed by atoms with van der Waals surface area (Å²) in [4.78, 5) is 14.9. The largest absolute Gasteiger partial charge is 0.504 e. The number of phenols is 3. The van der Waals surface area contributed by atoms with Crippen molar-refractivity contribution in [3.63, 3.8) is 0 Å². The van der Waals surface area contributed by atoms with Gasteiger partial charge in [-0.2, -0.15) is 0 Å². The molecule has 0 aliphatic rings. The maximum Gasteiger partial charge on any atom is 0.200 e. The third kappa shape index (κ3) is 3.40. The first-order chi connectivity index (χ1) is 15.2. The Morgan fingerprint density at radius 3 is 1.62 bits per heavy atom. The van der Waals surface area contributed by atoms with E-state index in [2.05, 4.69) is 51.8 Å². The smallest absolute Gasteiger partial charge is 0.200 e. The Labute approximate surface area is 207 Å². The molecule has 4 heterocycles. The van der Waals surface area contributed by atoms with Crippen LogP contribution in [-0.4, -0.2) is 35.3 Å². The fraction of sp³-hybridized carbons (Fsp3) is 0.0476. The van der Waals surface area contributed by atoms with Crippen LogP contribution in [0, 0.1) is 0 Å². The van der Waals surface area contributed by atoms with E-state index in [-0.39, 0.29) is 0 Å². The molecule has 0 spiro atoms. The van der Waals surface area contributed by atoms with Crippen LogP contribution in [-0.2, 0) is 0 Å². The molecule has 4 aromatic heterocycles. The van der Waals surface area contributed by atoms with Crippen molar-refractivity contribution in [1.29, 1.82) is 0 Å². The van der Waals surface area contributed by atoms with Gasteiger partial charge < -0.3 is 25.3 Å². The summed E-state index contributed by atoms with van der Waals surface area (Å²) < 4.78 is 1.10. The summed E-state index contributed by atoms with van der Waals surface area (Å²) in [5.74, 6) is -1.96. The molecule has 0 unspecified atom stereocenters. The summed E-state index contributed by atoms with van der Waals surface area (Å²) in [5, 5.41) is 32.5. The zero-order valence-corrected chi connectivity index (χ0v) is 20.5. The van der Waals surface area contributed by atoms with E-state index in [0.29, 0.717) is 25.1 Å². The van der Waals surface area contributed by atoms with Gasteiger partial charge >= 0.3 is 0 Å². The molecule has 5 N–H and O–H groups in total. The molecule has 0 fully saturated rings. The Balaban J connectivity index is 1.87. The number of aromatic hydroxyl groups is 3. The minimum absolute atomic E-state index is 0.300. The van der Waals surface area contributed by atoms with Crippen molar-refractivity contribution in [1.82, 2.24) is 19.9 Å². The van der Waals surface area contributed by atoms with Gasteiger partial charge in [-0.05, 0) is 72.8 Å². The van der Waals surface area contributed by atoms with Gasteiger partial charge in [-0.3, -0.25) is 0 Å². The van der Waals surface area contributed by atoms with Crippen molar-refractivity contribution in [2.75, 3.05) is 0 Å². The number of halogens is 4. The van der Waals surface area contributed by atoms with Gasteiger partial charge in [0.2, 0.25) is 0 Å². The molecule has 0 aliphatic carbocycles. The van der Waals surface area contributed by atoms with E-state index in [1.54, 1.807) is 12.1 Å². The average Bonchev–Trinajstić information content (AvgIpc) is 3.32. The van der Waals surface area contributed by atoms with Crippen molar-refractivity contribution in [2.24, 2.45) is 0 Å². The van der Waals surface area contributed by atoms with Gasteiger partial charge in [0, 0.05) is 29.1 Å². The Kier molecular flexibility index (Phi) is 5.24. The lowest BCUT2D eigenvalue weighted by atomic mass is 9.84. The number of fused-ring (bicyclic) bond motifs is 2. The standard InChI is InChI=1S/C21H12Br2Cl2N4O3/c22-20-17-8(3-14(24)28-20)10(5-26-17)16(7-1-12(30)19(32)13(31)2-7)11-6-27-18-9(11)4-15(25)29-21(18)23/h1-6,16,26-27,30-32H. The zero-order chi connectivity index (χ0) is 22.7. The van der Waals surface area contributed by atoms with Crippen LogP contribution in [0.2, 0.25) is 10.3 Å². The maximum absolute atomic E-state index is 10.2. The number of nitrogens with one attached hydrogen (secondary N) is 2. The Bertz CT molecular complexity index is 1420. The van der Waals surface area contributed by atoms with Gasteiger partial charge in [-0.15, -0.1) is 0 Å². The molecule has 0 bridgehead atoms. The molecule has 5 aromatic rings.